The van der Waals surface area contributed by atoms with Crippen molar-refractivity contribution in [1.82, 2.24) is 0 Å². The van der Waals surface area contributed by atoms with E-state index < -0.39 is 13.3 Å². The van der Waals surface area contributed by atoms with Gasteiger partial charge >= 0.3 is 0 Å². The van der Waals surface area contributed by atoms with Gasteiger partial charge in [0.2, 0.25) is 0 Å². The molecule has 25 heavy (non-hydrogen) atoms. The summed E-state index contributed by atoms with van der Waals surface area (Å²) in [5.74, 6) is 0. The molecule has 1 aromatic rings. The molecule has 1 aromatic carbocycles. The number of carbonyl (C=O) groups excluding carboxylic acids is 1. The van der Waals surface area contributed by atoms with Crippen molar-refractivity contribution in [3.8, 4) is 6.07 Å². The average Bonchev–Trinajstić information content (AvgIpc) is 2.54. The van der Waals surface area contributed by atoms with Crippen LogP contribution in [0.15, 0.2) is 35.2 Å². The Morgan fingerprint density at radius 3 is 2.56 bits per heavy atom. The van der Waals surface area contributed by atoms with Gasteiger partial charge in [-0.1, -0.05) is 63.8 Å². The maximum atomic E-state index is 12.4. The largest absolute Gasteiger partial charge is 0.360 e. The van der Waals surface area contributed by atoms with E-state index in [-0.39, 0.29) is 16.3 Å². The zero-order valence-corrected chi connectivity index (χ0v) is 17.8. The minimum Gasteiger partial charge on any atom is -0.360 e. The molecule has 5 heteroatoms. The Morgan fingerprint density at radius 1 is 1.36 bits per heavy atom. The van der Waals surface area contributed by atoms with Gasteiger partial charge in [-0.25, -0.2) is 0 Å². The molecule has 1 fully saturated rings. The molecule has 1 aliphatic heterocycles. The molecule has 0 unspecified atom stereocenters. The Balaban J connectivity index is 2.09. The van der Waals surface area contributed by atoms with Crippen molar-refractivity contribution in [3.63, 3.8) is 0 Å². The van der Waals surface area contributed by atoms with Gasteiger partial charge in [0.05, 0.1) is 12.2 Å². The fraction of sp³-hybridized carbons (Fsp3) is 0.600. The third kappa shape index (κ3) is 4.36. The Morgan fingerprint density at radius 2 is 2.00 bits per heavy atom. The average molecular weight is 376 g/mol. The Hall–Kier alpha value is -1.09. The van der Waals surface area contributed by atoms with Gasteiger partial charge in [0.15, 0.2) is 5.12 Å². The van der Waals surface area contributed by atoms with Crippen LogP contribution in [0.2, 0.25) is 18.1 Å². The predicted octanol–water partition coefficient (Wildman–Crippen LogP) is 5.57. The summed E-state index contributed by atoms with van der Waals surface area (Å²) < 4.78 is 6.39. The van der Waals surface area contributed by atoms with Gasteiger partial charge in [0, 0.05) is 11.3 Å². The number of ether oxygens (including phenoxy) is 1. The van der Waals surface area contributed by atoms with Crippen LogP contribution in [0.3, 0.4) is 0 Å². The lowest BCUT2D eigenvalue weighted by Gasteiger charge is -2.51. The molecular weight excluding hydrogens is 346 g/mol. The number of rotatable bonds is 4. The SMILES string of the molecule is CC(C)(C)[Si](C)(C)[C@]1(C#N)CCC[C@H](CC(=O)Sc2ccccc2)O1. The topological polar surface area (TPSA) is 50.1 Å². The molecule has 136 valence electrons. The summed E-state index contributed by atoms with van der Waals surface area (Å²) >= 11 is 1.27. The van der Waals surface area contributed by atoms with E-state index in [1.165, 1.54) is 11.8 Å². The van der Waals surface area contributed by atoms with Gasteiger partial charge in [-0.3, -0.25) is 4.79 Å². The molecule has 1 saturated heterocycles. The molecule has 0 aliphatic carbocycles. The predicted molar refractivity (Wildman–Crippen MR) is 106 cm³/mol. The van der Waals surface area contributed by atoms with Gasteiger partial charge in [0.25, 0.3) is 0 Å². The number of carbonyl (C=O) groups is 1. The molecule has 0 spiro atoms. The van der Waals surface area contributed by atoms with Crippen LogP contribution in [0.4, 0.5) is 0 Å². The molecule has 0 bridgehead atoms. The van der Waals surface area contributed by atoms with Crippen LogP contribution in [0, 0.1) is 11.3 Å². The third-order valence-corrected chi connectivity index (χ3v) is 13.0. The van der Waals surface area contributed by atoms with Crippen molar-refractivity contribution in [2.24, 2.45) is 0 Å². The lowest BCUT2D eigenvalue weighted by molar-refractivity contribution is -0.117. The van der Waals surface area contributed by atoms with Crippen molar-refractivity contribution in [2.45, 2.75) is 80.8 Å². The fourth-order valence-electron chi connectivity index (χ4n) is 3.26. The normalized spacial score (nSPS) is 24.6. The van der Waals surface area contributed by atoms with Crippen molar-refractivity contribution in [2.75, 3.05) is 0 Å². The van der Waals surface area contributed by atoms with Crippen molar-refractivity contribution in [3.05, 3.63) is 30.3 Å². The fourth-order valence-corrected chi connectivity index (χ4v) is 6.84. The standard InChI is InChI=1S/C20H29NO2SSi/c1-19(2,3)25(4,5)20(15-21)13-9-10-16(23-20)14-18(22)24-17-11-7-6-8-12-17/h6-8,11-12,16H,9-10,13-14H2,1-5H3/t16-,20+/m1/s1. The molecule has 0 aromatic heterocycles. The second-order valence-electron chi connectivity index (χ2n) is 8.44. The first kappa shape index (κ1) is 20.2. The highest BCUT2D eigenvalue weighted by Crippen LogP contribution is 2.48. The summed E-state index contributed by atoms with van der Waals surface area (Å²) in [7, 11) is -2.02. The number of hydrogen-bond acceptors (Lipinski definition) is 4. The maximum absolute atomic E-state index is 12.4. The van der Waals surface area contributed by atoms with Gasteiger partial charge < -0.3 is 4.74 Å². The lowest BCUT2D eigenvalue weighted by atomic mass is 10.0. The summed E-state index contributed by atoms with van der Waals surface area (Å²) in [6, 6.07) is 12.2. The monoisotopic (exact) mass is 375 g/mol. The summed E-state index contributed by atoms with van der Waals surface area (Å²) in [5, 5.41) is 9.47. The number of nitrogens with zero attached hydrogens (tertiary/aromatic N) is 1. The highest BCUT2D eigenvalue weighted by Gasteiger charge is 2.56. The quantitative estimate of drug-likeness (QED) is 0.509. The molecule has 1 aliphatic rings. The smallest absolute Gasteiger partial charge is 0.196 e. The van der Waals surface area contributed by atoms with E-state index in [4.69, 9.17) is 4.74 Å². The van der Waals surface area contributed by atoms with Gasteiger partial charge in [-0.05, 0) is 36.4 Å². The van der Waals surface area contributed by atoms with Crippen LogP contribution in [0.1, 0.15) is 46.5 Å². The number of nitriles is 1. The number of thioether (sulfide) groups is 1. The zero-order valence-electron chi connectivity index (χ0n) is 16.0. The molecule has 0 N–H and O–H groups in total. The van der Waals surface area contributed by atoms with Crippen molar-refractivity contribution >= 4 is 25.0 Å². The summed E-state index contributed by atoms with van der Waals surface area (Å²) in [6.45, 7) is 11.1. The van der Waals surface area contributed by atoms with Crippen LogP contribution in [-0.4, -0.2) is 24.5 Å². The first-order chi connectivity index (χ1) is 11.6. The second-order valence-corrected chi connectivity index (χ2v) is 15.1. The van der Waals surface area contributed by atoms with Crippen LogP contribution < -0.4 is 0 Å². The molecule has 0 amide bonds. The van der Waals surface area contributed by atoms with E-state index in [1.807, 2.05) is 30.3 Å². The minimum absolute atomic E-state index is 0.0629. The summed E-state index contributed by atoms with van der Waals surface area (Å²) in [6.07, 6.45) is 2.83. The van der Waals surface area contributed by atoms with E-state index in [1.54, 1.807) is 0 Å². The Kier molecular flexibility index (Phi) is 6.19. The van der Waals surface area contributed by atoms with Crippen LogP contribution >= 0.6 is 11.8 Å². The highest BCUT2D eigenvalue weighted by molar-refractivity contribution is 8.13. The Bertz CT molecular complexity index is 648. The van der Waals surface area contributed by atoms with E-state index in [0.29, 0.717) is 6.42 Å². The molecule has 2 atom stereocenters. The molecule has 0 radical (unpaired) electrons. The first-order valence-electron chi connectivity index (χ1n) is 8.96. The van der Waals surface area contributed by atoms with Crippen LogP contribution in [0.5, 0.6) is 0 Å². The van der Waals surface area contributed by atoms with Crippen molar-refractivity contribution < 1.29 is 9.53 Å². The van der Waals surface area contributed by atoms with E-state index >= 15 is 0 Å². The van der Waals surface area contributed by atoms with Gasteiger partial charge in [-0.2, -0.15) is 5.26 Å². The van der Waals surface area contributed by atoms with Gasteiger partial charge in [-0.15, -0.1) is 0 Å². The van der Waals surface area contributed by atoms with Crippen molar-refractivity contribution in [1.29, 1.82) is 5.26 Å². The molecule has 1 heterocycles. The van der Waals surface area contributed by atoms with Crippen LogP contribution in [-0.2, 0) is 9.53 Å². The number of hydrogen-bond donors (Lipinski definition) is 0. The molecule has 0 saturated carbocycles. The summed E-state index contributed by atoms with van der Waals surface area (Å²) in [5.41, 5.74) is 0. The third-order valence-electron chi connectivity index (χ3n) is 5.86. The molecule has 3 nitrogen and oxygen atoms in total. The van der Waals surface area contributed by atoms with E-state index in [2.05, 4.69) is 39.9 Å². The Labute approximate surface area is 157 Å². The molecular formula is C20H29NO2SSi. The maximum Gasteiger partial charge on any atom is 0.196 e. The first-order valence-corrected chi connectivity index (χ1v) is 12.8. The minimum atomic E-state index is -2.02. The van der Waals surface area contributed by atoms with E-state index in [0.717, 1.165) is 24.2 Å². The van der Waals surface area contributed by atoms with Gasteiger partial charge in [0.1, 0.15) is 13.3 Å². The van der Waals surface area contributed by atoms with Crippen LogP contribution in [0.25, 0.3) is 0 Å². The molecule has 2 rings (SSSR count). The zero-order chi connectivity index (χ0) is 18.7. The lowest BCUT2D eigenvalue weighted by Crippen LogP contribution is -2.63. The summed E-state index contributed by atoms with van der Waals surface area (Å²) in [4.78, 5) is 13.4. The number of benzene rings is 1. The second kappa shape index (κ2) is 7.65. The highest BCUT2D eigenvalue weighted by atomic mass is 32.2. The van der Waals surface area contributed by atoms with E-state index in [9.17, 15) is 10.1 Å².